The predicted octanol–water partition coefficient (Wildman–Crippen LogP) is 3.05. The van der Waals surface area contributed by atoms with Crippen molar-refractivity contribution in [3.63, 3.8) is 0 Å². The maximum Gasteiger partial charge on any atom is 0.320 e. The van der Waals surface area contributed by atoms with Gasteiger partial charge in [0.2, 0.25) is 0 Å². The normalized spacial score (nSPS) is 12.2. The molecule has 0 bridgehead atoms. The van der Waals surface area contributed by atoms with Gasteiger partial charge >= 0.3 is 6.03 Å². The number of urea groups is 1. The Hall–Kier alpha value is -1.99. The number of rotatable bonds is 7. The molecule has 1 atom stereocenters. The van der Waals surface area contributed by atoms with Gasteiger partial charge in [-0.2, -0.15) is 5.10 Å². The zero-order valence-corrected chi connectivity index (χ0v) is 15.4. The van der Waals surface area contributed by atoms with Gasteiger partial charge < -0.3 is 10.2 Å². The third-order valence-corrected chi connectivity index (χ3v) is 4.42. The Morgan fingerprint density at radius 1 is 1.33 bits per heavy atom. The number of aromatic nitrogens is 2. The van der Waals surface area contributed by atoms with E-state index in [0.717, 1.165) is 18.7 Å². The van der Waals surface area contributed by atoms with Crippen LogP contribution in [-0.2, 0) is 6.54 Å². The molecular formula is C17H25N5OS. The minimum Gasteiger partial charge on any atom is -0.331 e. The number of hydrogen-bond donors (Lipinski definition) is 2. The van der Waals surface area contributed by atoms with E-state index in [0.29, 0.717) is 5.82 Å². The number of hydrogen-bond acceptors (Lipinski definition) is 4. The second kappa shape index (κ2) is 8.75. The maximum absolute atomic E-state index is 12.2. The molecule has 1 aromatic heterocycles. The molecule has 0 unspecified atom stereocenters. The molecule has 24 heavy (non-hydrogen) atoms. The lowest BCUT2D eigenvalue weighted by molar-refractivity contribution is 0.249. The van der Waals surface area contributed by atoms with E-state index in [1.165, 1.54) is 4.90 Å². The van der Waals surface area contributed by atoms with Gasteiger partial charge in [-0.25, -0.2) is 4.79 Å². The molecule has 2 amide bonds. The van der Waals surface area contributed by atoms with E-state index in [1.807, 2.05) is 56.4 Å². The van der Waals surface area contributed by atoms with Crippen LogP contribution in [0.15, 0.2) is 41.4 Å². The highest BCUT2D eigenvalue weighted by molar-refractivity contribution is 7.98. The number of carbonyl (C=O) groups is 1. The zero-order chi connectivity index (χ0) is 17.5. The number of carbonyl (C=O) groups excluding carboxylic acids is 1. The molecule has 7 heteroatoms. The lowest BCUT2D eigenvalue weighted by Crippen LogP contribution is -2.31. The predicted molar refractivity (Wildman–Crippen MR) is 99.6 cm³/mol. The molecule has 130 valence electrons. The highest BCUT2D eigenvalue weighted by atomic mass is 32.2. The molecule has 0 spiro atoms. The summed E-state index contributed by atoms with van der Waals surface area (Å²) in [6, 6.07) is 9.55. The van der Waals surface area contributed by atoms with Crippen molar-refractivity contribution in [2.45, 2.75) is 24.4 Å². The highest BCUT2D eigenvalue weighted by Gasteiger charge is 2.13. The van der Waals surface area contributed by atoms with E-state index < -0.39 is 0 Å². The van der Waals surface area contributed by atoms with Crippen LogP contribution in [0.1, 0.15) is 18.5 Å². The first-order valence-corrected chi connectivity index (χ1v) is 9.10. The fourth-order valence-electron chi connectivity index (χ4n) is 2.31. The van der Waals surface area contributed by atoms with Gasteiger partial charge in [-0.15, -0.1) is 11.8 Å². The third kappa shape index (κ3) is 5.28. The second-order valence-corrected chi connectivity index (χ2v) is 6.68. The van der Waals surface area contributed by atoms with E-state index in [1.54, 1.807) is 17.8 Å². The van der Waals surface area contributed by atoms with Crippen molar-refractivity contribution in [3.8, 4) is 0 Å². The van der Waals surface area contributed by atoms with Crippen molar-refractivity contribution in [3.05, 3.63) is 42.1 Å². The molecule has 2 rings (SSSR count). The standard InChI is InChI=1S/C17H25N5OS/c1-13(14-7-5-6-8-15(14)24-4)18-17(23)19-16-9-10-22(20-16)12-11-21(2)3/h5-10,13H,11-12H2,1-4H3,(H2,18,19,20,23)/t13-/m0/s1. The van der Waals surface area contributed by atoms with Crippen molar-refractivity contribution in [1.29, 1.82) is 0 Å². The Morgan fingerprint density at radius 3 is 2.79 bits per heavy atom. The first kappa shape index (κ1) is 18.4. The number of nitrogens with zero attached hydrogens (tertiary/aromatic N) is 3. The van der Waals surface area contributed by atoms with Gasteiger partial charge in [0.25, 0.3) is 0 Å². The largest absolute Gasteiger partial charge is 0.331 e. The average Bonchev–Trinajstić information content (AvgIpc) is 3.00. The van der Waals surface area contributed by atoms with Gasteiger partial charge in [0.05, 0.1) is 12.6 Å². The number of benzene rings is 1. The highest BCUT2D eigenvalue weighted by Crippen LogP contribution is 2.25. The Balaban J connectivity index is 1.91. The number of nitrogens with one attached hydrogen (secondary N) is 2. The molecule has 0 radical (unpaired) electrons. The van der Waals surface area contributed by atoms with Crippen molar-refractivity contribution in [2.24, 2.45) is 0 Å². The maximum atomic E-state index is 12.2. The van der Waals surface area contributed by atoms with Crippen molar-refractivity contribution < 1.29 is 4.79 Å². The molecule has 0 aliphatic rings. The molecule has 6 nitrogen and oxygen atoms in total. The van der Waals surface area contributed by atoms with Crippen LogP contribution in [0.25, 0.3) is 0 Å². The summed E-state index contributed by atoms with van der Waals surface area (Å²) >= 11 is 1.67. The van der Waals surface area contributed by atoms with Crippen LogP contribution in [0, 0.1) is 0 Å². The number of likely N-dealkylation sites (N-methyl/N-ethyl adjacent to an activating group) is 1. The molecule has 0 saturated carbocycles. The summed E-state index contributed by atoms with van der Waals surface area (Å²) in [6.45, 7) is 3.66. The summed E-state index contributed by atoms with van der Waals surface area (Å²) in [5, 5.41) is 10.1. The molecule has 0 fully saturated rings. The topological polar surface area (TPSA) is 62.2 Å². The van der Waals surface area contributed by atoms with Gasteiger partial charge in [-0.3, -0.25) is 10.00 Å². The van der Waals surface area contributed by atoms with E-state index in [4.69, 9.17) is 0 Å². The molecule has 0 aliphatic carbocycles. The van der Waals surface area contributed by atoms with Gasteiger partial charge in [-0.1, -0.05) is 18.2 Å². The van der Waals surface area contributed by atoms with Gasteiger partial charge in [0.15, 0.2) is 5.82 Å². The average molecular weight is 347 g/mol. The Bertz CT molecular complexity index is 671. The van der Waals surface area contributed by atoms with Crippen LogP contribution in [-0.4, -0.2) is 47.6 Å². The van der Waals surface area contributed by atoms with Crippen LogP contribution in [0.4, 0.5) is 10.6 Å². The van der Waals surface area contributed by atoms with E-state index >= 15 is 0 Å². The molecule has 0 saturated heterocycles. The Morgan fingerprint density at radius 2 is 2.08 bits per heavy atom. The molecule has 1 aromatic carbocycles. The molecule has 2 N–H and O–H groups in total. The summed E-state index contributed by atoms with van der Waals surface area (Å²) in [4.78, 5) is 15.4. The third-order valence-electron chi connectivity index (χ3n) is 3.61. The summed E-state index contributed by atoms with van der Waals surface area (Å²) < 4.78 is 1.82. The lowest BCUT2D eigenvalue weighted by Gasteiger charge is -2.17. The minimum absolute atomic E-state index is 0.0792. The molecule has 0 aliphatic heterocycles. The zero-order valence-electron chi connectivity index (χ0n) is 14.6. The Labute approximate surface area is 147 Å². The van der Waals surface area contributed by atoms with Crippen LogP contribution in [0.5, 0.6) is 0 Å². The van der Waals surface area contributed by atoms with Crippen LogP contribution in [0.3, 0.4) is 0 Å². The van der Waals surface area contributed by atoms with Gasteiger partial charge in [0.1, 0.15) is 0 Å². The lowest BCUT2D eigenvalue weighted by atomic mass is 10.1. The fourth-order valence-corrected chi connectivity index (χ4v) is 3.00. The second-order valence-electron chi connectivity index (χ2n) is 5.83. The van der Waals surface area contributed by atoms with Gasteiger partial charge in [0, 0.05) is 23.7 Å². The summed E-state index contributed by atoms with van der Waals surface area (Å²) in [5.41, 5.74) is 1.11. The van der Waals surface area contributed by atoms with Crippen molar-refractivity contribution in [1.82, 2.24) is 20.0 Å². The van der Waals surface area contributed by atoms with E-state index in [-0.39, 0.29) is 12.1 Å². The van der Waals surface area contributed by atoms with Crippen molar-refractivity contribution >= 4 is 23.6 Å². The Kier molecular flexibility index (Phi) is 6.69. The summed E-state index contributed by atoms with van der Waals surface area (Å²) in [7, 11) is 4.04. The minimum atomic E-state index is -0.253. The van der Waals surface area contributed by atoms with E-state index in [9.17, 15) is 4.79 Å². The van der Waals surface area contributed by atoms with Crippen LogP contribution >= 0.6 is 11.8 Å². The van der Waals surface area contributed by atoms with Crippen LogP contribution in [0.2, 0.25) is 0 Å². The first-order chi connectivity index (χ1) is 11.5. The fraction of sp³-hybridized carbons (Fsp3) is 0.412. The summed E-state index contributed by atoms with van der Waals surface area (Å²) in [6.07, 6.45) is 3.90. The van der Waals surface area contributed by atoms with Crippen LogP contribution < -0.4 is 10.6 Å². The monoisotopic (exact) mass is 347 g/mol. The number of amides is 2. The molecule has 2 aromatic rings. The van der Waals surface area contributed by atoms with Gasteiger partial charge in [-0.05, 0) is 38.9 Å². The first-order valence-electron chi connectivity index (χ1n) is 7.88. The SMILES string of the molecule is CSc1ccccc1[C@H](C)NC(=O)Nc1ccn(CCN(C)C)n1. The quantitative estimate of drug-likeness (QED) is 0.756. The molecular weight excluding hydrogens is 322 g/mol. The number of thioether (sulfide) groups is 1. The number of anilines is 1. The summed E-state index contributed by atoms with van der Waals surface area (Å²) in [5.74, 6) is 0.552. The smallest absolute Gasteiger partial charge is 0.320 e. The van der Waals surface area contributed by atoms with Crippen molar-refractivity contribution in [2.75, 3.05) is 32.2 Å². The molecule has 1 heterocycles. The van der Waals surface area contributed by atoms with E-state index in [2.05, 4.69) is 26.7 Å².